The number of allylic oxidation sites excluding steroid dienone is 1. The van der Waals surface area contributed by atoms with Crippen LogP contribution in [0.3, 0.4) is 0 Å². The van der Waals surface area contributed by atoms with Crippen LogP contribution in [-0.4, -0.2) is 30.0 Å². The van der Waals surface area contributed by atoms with Gasteiger partial charge in [0.1, 0.15) is 12.3 Å². The van der Waals surface area contributed by atoms with Crippen molar-refractivity contribution in [1.29, 1.82) is 0 Å². The third kappa shape index (κ3) is 4.75. The van der Waals surface area contributed by atoms with Gasteiger partial charge in [-0.25, -0.2) is 0 Å². The second-order valence-electron chi connectivity index (χ2n) is 5.14. The van der Waals surface area contributed by atoms with Crippen LogP contribution in [0.2, 0.25) is 0 Å². The summed E-state index contributed by atoms with van der Waals surface area (Å²) in [5, 5.41) is 3.51. The zero-order chi connectivity index (χ0) is 18.9. The summed E-state index contributed by atoms with van der Waals surface area (Å²) in [5.74, 6) is -0.223. The van der Waals surface area contributed by atoms with Gasteiger partial charge >= 0.3 is 5.97 Å². The molecule has 26 heavy (non-hydrogen) atoms. The zero-order valence-corrected chi connectivity index (χ0v) is 14.5. The van der Waals surface area contributed by atoms with E-state index in [9.17, 15) is 9.59 Å². The van der Waals surface area contributed by atoms with Gasteiger partial charge in [-0.3, -0.25) is 9.59 Å². The van der Waals surface area contributed by atoms with Crippen LogP contribution in [0.15, 0.2) is 53.4 Å². The van der Waals surface area contributed by atoms with Crippen LogP contribution in [0, 0.1) is 0 Å². The molecule has 0 atom stereocenters. The minimum absolute atomic E-state index is 0.00700. The topological polar surface area (TPSA) is 106 Å². The molecule has 0 aliphatic heterocycles. The van der Waals surface area contributed by atoms with Gasteiger partial charge < -0.3 is 14.0 Å². The summed E-state index contributed by atoms with van der Waals surface area (Å²) in [4.78, 5) is 27.0. The van der Waals surface area contributed by atoms with Gasteiger partial charge in [-0.15, -0.1) is 0 Å². The van der Waals surface area contributed by atoms with Crippen molar-refractivity contribution in [1.82, 2.24) is 4.57 Å². The highest BCUT2D eigenvalue weighted by Gasteiger charge is 2.13. The second kappa shape index (κ2) is 9.10. The monoisotopic (exact) mass is 354 g/mol. The number of rotatable bonds is 8. The number of aromatic nitrogens is 1. The molecular formula is C18H18N4O4. The smallest absolute Gasteiger partial charge is 0.325 e. The van der Waals surface area contributed by atoms with E-state index in [1.165, 1.54) is 13.2 Å². The standard InChI is InChI=1S/C18H18N4O4/c1-3-26-17(23)12-22-10-4-5-14(22)11-16(20-21-19)18(24)13-6-8-15(25-2)9-7-13/h4-11H,3,12H2,1-2H3/b16-11-. The molecule has 0 spiro atoms. The lowest BCUT2D eigenvalue weighted by molar-refractivity contribution is -0.143. The molecule has 134 valence electrons. The average Bonchev–Trinajstić information content (AvgIpc) is 3.07. The molecular weight excluding hydrogens is 336 g/mol. The summed E-state index contributed by atoms with van der Waals surface area (Å²) < 4.78 is 11.6. The van der Waals surface area contributed by atoms with Crippen LogP contribution < -0.4 is 4.74 Å². The lowest BCUT2D eigenvalue weighted by Gasteiger charge is -2.07. The fraction of sp³-hybridized carbons (Fsp3) is 0.222. The highest BCUT2D eigenvalue weighted by Crippen LogP contribution is 2.18. The van der Waals surface area contributed by atoms with Gasteiger partial charge in [0.2, 0.25) is 0 Å². The molecule has 0 aliphatic rings. The normalized spacial score (nSPS) is 10.8. The molecule has 0 bridgehead atoms. The summed E-state index contributed by atoms with van der Waals surface area (Å²) >= 11 is 0. The molecule has 0 amide bonds. The average molecular weight is 354 g/mol. The number of carbonyl (C=O) groups excluding carboxylic acids is 2. The minimum Gasteiger partial charge on any atom is -0.497 e. The van der Waals surface area contributed by atoms with Crippen LogP contribution in [-0.2, 0) is 16.1 Å². The Bertz CT molecular complexity index is 862. The van der Waals surface area contributed by atoms with Crippen LogP contribution in [0.25, 0.3) is 16.5 Å². The van der Waals surface area contributed by atoms with Gasteiger partial charge in [-0.05, 0) is 54.9 Å². The van der Waals surface area contributed by atoms with E-state index in [1.54, 1.807) is 54.1 Å². The fourth-order valence-corrected chi connectivity index (χ4v) is 2.27. The molecule has 2 rings (SSSR count). The van der Waals surface area contributed by atoms with Gasteiger partial charge in [0.25, 0.3) is 0 Å². The molecule has 0 unspecified atom stereocenters. The maximum absolute atomic E-state index is 12.6. The van der Waals surface area contributed by atoms with Crippen molar-refractivity contribution in [3.8, 4) is 5.75 Å². The van der Waals surface area contributed by atoms with Crippen LogP contribution >= 0.6 is 0 Å². The Morgan fingerprint density at radius 3 is 2.62 bits per heavy atom. The lowest BCUT2D eigenvalue weighted by atomic mass is 10.1. The second-order valence-corrected chi connectivity index (χ2v) is 5.14. The number of ketones is 1. The Labute approximate surface area is 150 Å². The Hall–Kier alpha value is -3.51. The molecule has 0 saturated carbocycles. The van der Waals surface area contributed by atoms with Gasteiger partial charge in [0.05, 0.1) is 19.4 Å². The number of carbonyl (C=O) groups is 2. The predicted molar refractivity (Wildman–Crippen MR) is 95.5 cm³/mol. The maximum atomic E-state index is 12.6. The Morgan fingerprint density at radius 1 is 1.27 bits per heavy atom. The van der Waals surface area contributed by atoms with E-state index in [4.69, 9.17) is 15.0 Å². The van der Waals surface area contributed by atoms with E-state index in [0.29, 0.717) is 17.0 Å². The molecule has 1 heterocycles. The first-order valence-electron chi connectivity index (χ1n) is 7.85. The number of nitrogens with zero attached hydrogens (tertiary/aromatic N) is 4. The number of methoxy groups -OCH3 is 1. The highest BCUT2D eigenvalue weighted by molar-refractivity contribution is 6.11. The number of esters is 1. The van der Waals surface area contributed by atoms with Crippen molar-refractivity contribution in [3.63, 3.8) is 0 Å². The van der Waals surface area contributed by atoms with E-state index in [1.807, 2.05) is 0 Å². The van der Waals surface area contributed by atoms with Crippen molar-refractivity contribution in [3.05, 3.63) is 70.0 Å². The van der Waals surface area contributed by atoms with Gasteiger partial charge in [0, 0.05) is 22.4 Å². The van der Waals surface area contributed by atoms with E-state index >= 15 is 0 Å². The number of ether oxygens (including phenoxy) is 2. The third-order valence-corrected chi connectivity index (χ3v) is 3.49. The summed E-state index contributed by atoms with van der Waals surface area (Å²) in [6, 6.07) is 9.87. The minimum atomic E-state index is -0.436. The summed E-state index contributed by atoms with van der Waals surface area (Å²) in [7, 11) is 1.53. The molecule has 0 N–H and O–H groups in total. The molecule has 1 aromatic carbocycles. The maximum Gasteiger partial charge on any atom is 0.325 e. The van der Waals surface area contributed by atoms with E-state index in [-0.39, 0.29) is 18.8 Å². The quantitative estimate of drug-likeness (QED) is 0.180. The fourth-order valence-electron chi connectivity index (χ4n) is 2.27. The number of benzene rings is 1. The first kappa shape index (κ1) is 18.8. The third-order valence-electron chi connectivity index (χ3n) is 3.49. The molecule has 8 heteroatoms. The number of hydrogen-bond donors (Lipinski definition) is 0. The van der Waals surface area contributed by atoms with Crippen LogP contribution in [0.1, 0.15) is 23.0 Å². The van der Waals surface area contributed by atoms with Crippen LogP contribution in [0.5, 0.6) is 5.75 Å². The molecule has 0 saturated heterocycles. The highest BCUT2D eigenvalue weighted by atomic mass is 16.5. The van der Waals surface area contributed by atoms with Gasteiger partial charge in [0.15, 0.2) is 5.78 Å². The first-order valence-corrected chi connectivity index (χ1v) is 7.85. The Balaban J connectivity index is 2.32. The SMILES string of the molecule is CCOC(=O)Cn1cccc1/C=C(\N=[N+]=[N-])C(=O)c1ccc(OC)cc1. The molecule has 8 nitrogen and oxygen atoms in total. The number of azide groups is 1. The zero-order valence-electron chi connectivity index (χ0n) is 14.5. The molecule has 0 fully saturated rings. The Morgan fingerprint density at radius 2 is 2.00 bits per heavy atom. The summed E-state index contributed by atoms with van der Waals surface area (Å²) in [5.41, 5.74) is 9.61. The number of Topliss-reactive ketones (excluding diaryl/α,β-unsaturated/α-hetero) is 1. The van der Waals surface area contributed by atoms with Crippen molar-refractivity contribution >= 4 is 17.8 Å². The van der Waals surface area contributed by atoms with Crippen molar-refractivity contribution in [2.24, 2.45) is 5.11 Å². The van der Waals surface area contributed by atoms with Crippen molar-refractivity contribution < 1.29 is 19.1 Å². The van der Waals surface area contributed by atoms with E-state index in [0.717, 1.165) is 0 Å². The predicted octanol–water partition coefficient (Wildman–Crippen LogP) is 3.59. The molecule has 2 aromatic rings. The summed E-state index contributed by atoms with van der Waals surface area (Å²) in [6.07, 6.45) is 3.11. The molecule has 1 aromatic heterocycles. The molecule has 0 aliphatic carbocycles. The number of hydrogen-bond acceptors (Lipinski definition) is 5. The van der Waals surface area contributed by atoms with Crippen molar-refractivity contribution in [2.75, 3.05) is 13.7 Å². The van der Waals surface area contributed by atoms with Gasteiger partial charge in [-0.1, -0.05) is 5.11 Å². The van der Waals surface area contributed by atoms with Gasteiger partial charge in [-0.2, -0.15) is 0 Å². The lowest BCUT2D eigenvalue weighted by Crippen LogP contribution is -2.13. The van der Waals surface area contributed by atoms with E-state index in [2.05, 4.69) is 10.0 Å². The largest absolute Gasteiger partial charge is 0.497 e. The Kier molecular flexibility index (Phi) is 6.59. The van der Waals surface area contributed by atoms with Crippen molar-refractivity contribution in [2.45, 2.75) is 13.5 Å². The van der Waals surface area contributed by atoms with Crippen LogP contribution in [0.4, 0.5) is 0 Å². The first-order chi connectivity index (χ1) is 12.6. The summed E-state index contributed by atoms with van der Waals surface area (Å²) in [6.45, 7) is 2.00. The molecule has 0 radical (unpaired) electrons. The van der Waals surface area contributed by atoms with E-state index < -0.39 is 11.8 Å².